The van der Waals surface area contributed by atoms with Gasteiger partial charge in [-0.25, -0.2) is 9.37 Å². The first-order valence-corrected chi connectivity index (χ1v) is 12.9. The number of halogens is 4. The molecule has 2 saturated heterocycles. The Hall–Kier alpha value is -3.83. The van der Waals surface area contributed by atoms with Crippen LogP contribution in [0.3, 0.4) is 0 Å². The normalized spacial score (nSPS) is 19.1. The SMILES string of the molecule is CN1CCN(C(=O)COc2ccc(N3C(=S)N(c4cnc(C#N)c(C(F)(F)F)c4)C(=O)C34CCC4)cc2F)CC1. The van der Waals surface area contributed by atoms with Crippen LogP contribution >= 0.6 is 12.2 Å². The number of anilines is 2. The molecule has 3 heterocycles. The van der Waals surface area contributed by atoms with Crippen LogP contribution in [-0.4, -0.2) is 77.1 Å². The highest BCUT2D eigenvalue weighted by atomic mass is 32.1. The van der Waals surface area contributed by atoms with Crippen molar-refractivity contribution in [1.29, 1.82) is 5.26 Å². The van der Waals surface area contributed by atoms with Crippen molar-refractivity contribution in [2.45, 2.75) is 31.0 Å². The average Bonchev–Trinajstić information content (AvgIpc) is 3.13. The Morgan fingerprint density at radius 2 is 1.88 bits per heavy atom. The van der Waals surface area contributed by atoms with E-state index in [1.165, 1.54) is 23.1 Å². The lowest BCUT2D eigenvalue weighted by molar-refractivity contribution is -0.138. The highest BCUT2D eigenvalue weighted by Crippen LogP contribution is 2.48. The zero-order valence-electron chi connectivity index (χ0n) is 21.4. The molecule has 14 heteroatoms. The number of hydrogen-bond acceptors (Lipinski definition) is 7. The summed E-state index contributed by atoms with van der Waals surface area (Å²) in [6, 6.07) is 6.01. The molecule has 9 nitrogen and oxygen atoms in total. The number of ether oxygens (including phenoxy) is 1. The molecule has 1 aliphatic carbocycles. The van der Waals surface area contributed by atoms with E-state index in [0.29, 0.717) is 38.4 Å². The number of carbonyl (C=O) groups is 2. The second-order valence-corrected chi connectivity index (χ2v) is 10.3. The Kier molecular flexibility index (Phi) is 7.13. The van der Waals surface area contributed by atoms with E-state index in [1.54, 1.807) is 4.90 Å². The minimum Gasteiger partial charge on any atom is -0.481 e. The van der Waals surface area contributed by atoms with Crippen molar-refractivity contribution in [3.05, 3.63) is 47.5 Å². The van der Waals surface area contributed by atoms with Gasteiger partial charge in [-0.05, 0) is 56.7 Å². The molecule has 2 aliphatic heterocycles. The van der Waals surface area contributed by atoms with E-state index in [0.717, 1.165) is 30.3 Å². The lowest BCUT2D eigenvalue weighted by Crippen LogP contribution is -2.55. The lowest BCUT2D eigenvalue weighted by atomic mass is 9.75. The summed E-state index contributed by atoms with van der Waals surface area (Å²) in [5.41, 5.74) is -3.32. The van der Waals surface area contributed by atoms with Crippen LogP contribution in [0.25, 0.3) is 0 Å². The van der Waals surface area contributed by atoms with E-state index >= 15 is 4.39 Å². The number of piperazine rings is 1. The molecular weight excluding hydrogens is 552 g/mol. The molecule has 40 heavy (non-hydrogen) atoms. The van der Waals surface area contributed by atoms with Crippen molar-refractivity contribution in [2.75, 3.05) is 49.6 Å². The third kappa shape index (κ3) is 4.73. The number of likely N-dealkylation sites (N-methyl/N-ethyl adjacent to an activating group) is 1. The maximum Gasteiger partial charge on any atom is 0.419 e. The van der Waals surface area contributed by atoms with Crippen LogP contribution in [0, 0.1) is 17.1 Å². The van der Waals surface area contributed by atoms with Gasteiger partial charge in [0.2, 0.25) is 0 Å². The number of hydrogen-bond donors (Lipinski definition) is 0. The van der Waals surface area contributed by atoms with Gasteiger partial charge in [0, 0.05) is 37.9 Å². The molecule has 1 aromatic heterocycles. The van der Waals surface area contributed by atoms with Gasteiger partial charge in [-0.3, -0.25) is 14.5 Å². The van der Waals surface area contributed by atoms with Crippen molar-refractivity contribution in [2.24, 2.45) is 0 Å². The van der Waals surface area contributed by atoms with Crippen molar-refractivity contribution in [1.82, 2.24) is 14.8 Å². The molecular formula is C26H24F4N6O3S. The van der Waals surface area contributed by atoms with Crippen LogP contribution in [0.2, 0.25) is 0 Å². The molecule has 0 bridgehead atoms. The van der Waals surface area contributed by atoms with E-state index < -0.39 is 34.7 Å². The Morgan fingerprint density at radius 1 is 1.18 bits per heavy atom. The summed E-state index contributed by atoms with van der Waals surface area (Å²) in [4.78, 5) is 35.8. The quantitative estimate of drug-likeness (QED) is 0.396. The molecule has 0 N–H and O–H groups in total. The number of amides is 2. The minimum absolute atomic E-state index is 0.136. The summed E-state index contributed by atoms with van der Waals surface area (Å²) in [7, 11) is 1.96. The zero-order chi connectivity index (χ0) is 28.8. The van der Waals surface area contributed by atoms with Crippen LogP contribution < -0.4 is 14.5 Å². The molecule has 3 fully saturated rings. The highest BCUT2D eigenvalue weighted by molar-refractivity contribution is 7.81. The number of thiocarbonyl (C=S) groups is 1. The fraction of sp³-hybridized carbons (Fsp3) is 0.423. The molecule has 0 unspecified atom stereocenters. The smallest absolute Gasteiger partial charge is 0.419 e. The summed E-state index contributed by atoms with van der Waals surface area (Å²) in [5.74, 6) is -1.76. The van der Waals surface area contributed by atoms with Crippen LogP contribution in [0.15, 0.2) is 30.5 Å². The minimum atomic E-state index is -4.88. The van der Waals surface area contributed by atoms with Crippen LogP contribution in [0.1, 0.15) is 30.5 Å². The first-order valence-electron chi connectivity index (χ1n) is 12.5. The van der Waals surface area contributed by atoms with Crippen LogP contribution in [-0.2, 0) is 15.8 Å². The van der Waals surface area contributed by atoms with Crippen LogP contribution in [0.5, 0.6) is 5.75 Å². The molecule has 3 aliphatic rings. The second kappa shape index (κ2) is 10.3. The number of aromatic nitrogens is 1. The van der Waals surface area contributed by atoms with Gasteiger partial charge in [0.05, 0.1) is 17.4 Å². The predicted molar refractivity (Wildman–Crippen MR) is 139 cm³/mol. The third-order valence-electron chi connectivity index (χ3n) is 7.52. The average molecular weight is 577 g/mol. The summed E-state index contributed by atoms with van der Waals surface area (Å²) in [6.45, 7) is 2.23. The number of nitriles is 1. The standard InChI is InChI=1S/C26H24F4N6O3S/c1-33-7-9-34(10-8-33)22(37)15-39-21-4-3-16(12-19(21)27)36-24(40)35(23(38)25(36)5-2-6-25)17-11-18(26(28,29)30)20(13-31)32-14-17/h3-4,11-12,14H,2,5-10,15H2,1H3. The number of alkyl halides is 3. The van der Waals surface area contributed by atoms with Crippen LogP contribution in [0.4, 0.5) is 28.9 Å². The maximum absolute atomic E-state index is 15.1. The first kappa shape index (κ1) is 27.7. The van der Waals surface area contributed by atoms with Gasteiger partial charge in [0.25, 0.3) is 11.8 Å². The molecule has 0 radical (unpaired) electrons. The number of pyridine rings is 1. The number of nitrogens with zero attached hydrogens (tertiary/aromatic N) is 6. The van der Waals surface area contributed by atoms with Crippen molar-refractivity contribution in [3.8, 4) is 11.8 Å². The number of carbonyl (C=O) groups excluding carboxylic acids is 2. The lowest BCUT2D eigenvalue weighted by Gasteiger charge is -2.43. The topological polar surface area (TPSA) is 93.0 Å². The maximum atomic E-state index is 15.1. The van der Waals surface area contributed by atoms with E-state index in [2.05, 4.69) is 9.88 Å². The monoisotopic (exact) mass is 576 g/mol. The van der Waals surface area contributed by atoms with E-state index in [1.807, 2.05) is 7.05 Å². The fourth-order valence-corrected chi connectivity index (χ4v) is 5.59. The molecule has 2 aromatic rings. The second-order valence-electron chi connectivity index (χ2n) is 9.93. The largest absolute Gasteiger partial charge is 0.481 e. The summed E-state index contributed by atoms with van der Waals surface area (Å²) in [5, 5.41) is 8.92. The molecule has 1 saturated carbocycles. The Labute approximate surface area is 232 Å². The highest BCUT2D eigenvalue weighted by Gasteiger charge is 2.60. The Balaban J connectivity index is 1.39. The molecule has 210 valence electrons. The molecule has 1 aromatic carbocycles. The van der Waals surface area contributed by atoms with Gasteiger partial charge in [0.1, 0.15) is 11.6 Å². The first-order chi connectivity index (χ1) is 19.0. The van der Waals surface area contributed by atoms with Gasteiger partial charge in [0.15, 0.2) is 29.0 Å². The van der Waals surface area contributed by atoms with E-state index in [-0.39, 0.29) is 34.8 Å². The van der Waals surface area contributed by atoms with Crippen molar-refractivity contribution < 1.29 is 31.9 Å². The van der Waals surface area contributed by atoms with Gasteiger partial charge in [-0.1, -0.05) is 0 Å². The van der Waals surface area contributed by atoms with E-state index in [9.17, 15) is 22.8 Å². The third-order valence-corrected chi connectivity index (χ3v) is 7.88. The fourth-order valence-electron chi connectivity index (χ4n) is 5.12. The molecule has 5 rings (SSSR count). The number of rotatable bonds is 5. The summed E-state index contributed by atoms with van der Waals surface area (Å²) in [6.07, 6.45) is -2.51. The van der Waals surface area contributed by atoms with Crippen molar-refractivity contribution in [3.63, 3.8) is 0 Å². The van der Waals surface area contributed by atoms with Gasteiger partial charge < -0.3 is 19.4 Å². The summed E-state index contributed by atoms with van der Waals surface area (Å²) >= 11 is 5.54. The molecule has 2 amide bonds. The molecule has 1 spiro atoms. The zero-order valence-corrected chi connectivity index (χ0v) is 22.2. The van der Waals surface area contributed by atoms with E-state index in [4.69, 9.17) is 22.2 Å². The predicted octanol–water partition coefficient (Wildman–Crippen LogP) is 3.32. The molecule has 0 atom stereocenters. The van der Waals surface area contributed by atoms with Crippen molar-refractivity contribution >= 4 is 40.5 Å². The van der Waals surface area contributed by atoms with Gasteiger partial charge >= 0.3 is 6.18 Å². The Bertz CT molecular complexity index is 1420. The Morgan fingerprint density at radius 3 is 2.45 bits per heavy atom. The summed E-state index contributed by atoms with van der Waals surface area (Å²) < 4.78 is 61.3. The van der Waals surface area contributed by atoms with Gasteiger partial charge in [-0.2, -0.15) is 18.4 Å². The van der Waals surface area contributed by atoms with Gasteiger partial charge in [-0.15, -0.1) is 0 Å². The number of benzene rings is 1.